The molecule has 1 spiro atoms. The summed E-state index contributed by atoms with van der Waals surface area (Å²) in [5, 5.41) is 9.71. The third kappa shape index (κ3) is 4.98. The van der Waals surface area contributed by atoms with Crippen molar-refractivity contribution in [2.75, 3.05) is 36.5 Å². The quantitative estimate of drug-likeness (QED) is 0.324. The molecule has 2 heterocycles. The number of likely N-dealkylation sites (N-methyl/N-ethyl adjacent to an activating group) is 1. The summed E-state index contributed by atoms with van der Waals surface area (Å²) >= 11 is 0. The molecule has 2 saturated carbocycles. The molecule has 3 aromatic rings. The van der Waals surface area contributed by atoms with Gasteiger partial charge >= 0.3 is 5.97 Å². The zero-order valence-corrected chi connectivity index (χ0v) is 26.0. The van der Waals surface area contributed by atoms with Crippen molar-refractivity contribution in [1.82, 2.24) is 4.31 Å². The second-order valence-corrected chi connectivity index (χ2v) is 15.3. The Morgan fingerprint density at radius 3 is 2.30 bits per heavy atom. The summed E-state index contributed by atoms with van der Waals surface area (Å²) in [5.41, 5.74) is 3.38. The zero-order chi connectivity index (χ0) is 30.6. The molecule has 0 radical (unpaired) electrons. The van der Waals surface area contributed by atoms with E-state index in [0.29, 0.717) is 23.4 Å². The average Bonchev–Trinajstić information content (AvgIpc) is 3.49. The smallest absolute Gasteiger partial charge is 0.338 e. The molecule has 9 heteroatoms. The molecule has 7 nitrogen and oxygen atoms in total. The Morgan fingerprint density at radius 2 is 1.61 bits per heavy atom. The summed E-state index contributed by atoms with van der Waals surface area (Å²) in [6.07, 6.45) is 10.2. The van der Waals surface area contributed by atoms with Crippen molar-refractivity contribution in [2.45, 2.75) is 68.7 Å². The van der Waals surface area contributed by atoms with Gasteiger partial charge < -0.3 is 14.9 Å². The van der Waals surface area contributed by atoms with Gasteiger partial charge in [-0.2, -0.15) is 4.31 Å². The van der Waals surface area contributed by atoms with Gasteiger partial charge in [0.1, 0.15) is 10.7 Å². The molecule has 1 atom stereocenters. The van der Waals surface area contributed by atoms with Crippen molar-refractivity contribution in [3.63, 3.8) is 0 Å². The van der Waals surface area contributed by atoms with Crippen molar-refractivity contribution in [1.29, 1.82) is 0 Å². The van der Waals surface area contributed by atoms with Gasteiger partial charge in [0.05, 0.1) is 11.3 Å². The van der Waals surface area contributed by atoms with E-state index in [1.807, 2.05) is 36.4 Å². The first-order valence-electron chi connectivity index (χ1n) is 15.9. The van der Waals surface area contributed by atoms with Gasteiger partial charge in [-0.1, -0.05) is 56.4 Å². The highest BCUT2D eigenvalue weighted by molar-refractivity contribution is 7.89. The molecule has 3 fully saturated rings. The molecule has 0 unspecified atom stereocenters. The molecular formula is C35H40FN3O4S. The first-order valence-corrected chi connectivity index (χ1v) is 17.4. The molecule has 232 valence electrons. The molecule has 1 saturated heterocycles. The Morgan fingerprint density at radius 1 is 0.909 bits per heavy atom. The number of hydrogen-bond donors (Lipinski definition) is 1. The maximum atomic E-state index is 14.6. The molecule has 0 aromatic heterocycles. The van der Waals surface area contributed by atoms with E-state index in [2.05, 4.69) is 9.80 Å². The second kappa shape index (κ2) is 11.2. The summed E-state index contributed by atoms with van der Waals surface area (Å²) in [4.78, 5) is 16.6. The van der Waals surface area contributed by atoms with Crippen LogP contribution in [0.15, 0.2) is 65.6 Å². The van der Waals surface area contributed by atoms with Gasteiger partial charge in [0.25, 0.3) is 0 Å². The predicted octanol–water partition coefficient (Wildman–Crippen LogP) is 7.29. The maximum Gasteiger partial charge on any atom is 0.338 e. The van der Waals surface area contributed by atoms with Gasteiger partial charge in [0, 0.05) is 55.1 Å². The minimum atomic E-state index is -3.93. The van der Waals surface area contributed by atoms with E-state index in [9.17, 15) is 22.7 Å². The van der Waals surface area contributed by atoms with Gasteiger partial charge in [0.2, 0.25) is 10.0 Å². The van der Waals surface area contributed by atoms with E-state index >= 15 is 0 Å². The number of benzene rings is 3. The van der Waals surface area contributed by atoms with Crippen LogP contribution in [0.5, 0.6) is 0 Å². The van der Waals surface area contributed by atoms with Gasteiger partial charge in [-0.15, -0.1) is 0 Å². The number of aromatic carboxylic acids is 1. The Balaban J connectivity index is 1.43. The Labute approximate surface area is 259 Å². The van der Waals surface area contributed by atoms with Crippen LogP contribution in [-0.2, 0) is 10.0 Å². The number of anilines is 3. The number of nitrogens with zero attached hydrogens (tertiary/aromatic N) is 3. The van der Waals surface area contributed by atoms with Gasteiger partial charge in [0.15, 0.2) is 0 Å². The van der Waals surface area contributed by atoms with Gasteiger partial charge in [-0.25, -0.2) is 17.6 Å². The number of carbonyl (C=O) groups is 1. The molecule has 0 amide bonds. The number of fused-ring (bicyclic) bond motifs is 1. The lowest BCUT2D eigenvalue weighted by Gasteiger charge is -2.50. The highest BCUT2D eigenvalue weighted by Crippen LogP contribution is 2.51. The molecule has 44 heavy (non-hydrogen) atoms. The molecule has 2 aliphatic heterocycles. The van der Waals surface area contributed by atoms with Crippen LogP contribution < -0.4 is 9.80 Å². The minimum Gasteiger partial charge on any atom is -0.478 e. The van der Waals surface area contributed by atoms with Crippen LogP contribution in [0.25, 0.3) is 11.1 Å². The fraction of sp³-hybridized carbons (Fsp3) is 0.457. The molecular weight excluding hydrogens is 577 g/mol. The van der Waals surface area contributed by atoms with Crippen LogP contribution in [-0.4, -0.2) is 56.5 Å². The lowest BCUT2D eigenvalue weighted by atomic mass is 9.77. The summed E-state index contributed by atoms with van der Waals surface area (Å²) in [6, 6.07) is 17.6. The average molecular weight is 618 g/mol. The minimum absolute atomic E-state index is 0.193. The van der Waals surface area contributed by atoms with Crippen molar-refractivity contribution in [3.05, 3.63) is 72.0 Å². The highest BCUT2D eigenvalue weighted by atomic mass is 32.2. The lowest BCUT2D eigenvalue weighted by molar-refractivity contribution is 0.0692. The predicted molar refractivity (Wildman–Crippen MR) is 171 cm³/mol. The largest absolute Gasteiger partial charge is 0.478 e. The van der Waals surface area contributed by atoms with Crippen molar-refractivity contribution >= 4 is 33.1 Å². The number of hydrogen-bond acceptors (Lipinski definition) is 5. The molecule has 4 aliphatic rings. The summed E-state index contributed by atoms with van der Waals surface area (Å²) in [6.45, 7) is 2.28. The molecule has 2 aliphatic carbocycles. The number of carboxylic acids is 1. The summed E-state index contributed by atoms with van der Waals surface area (Å²) < 4.78 is 45.2. The summed E-state index contributed by atoms with van der Waals surface area (Å²) in [5.74, 6) is -1.91. The highest BCUT2D eigenvalue weighted by Gasteiger charge is 2.47. The Kier molecular flexibility index (Phi) is 7.44. The van der Waals surface area contributed by atoms with Gasteiger partial charge in [-0.05, 0) is 73.6 Å². The SMILES string of the molecule is CN1[C@H](C2CCCCC2)CN(c2ccccc2)c2cc(N3CC4(CCCC4)C3)c(-c3ccc(F)c(C(=O)O)c3)cc2S1(=O)=O. The monoisotopic (exact) mass is 617 g/mol. The lowest BCUT2D eigenvalue weighted by Crippen LogP contribution is -2.55. The molecule has 3 aromatic carbocycles. The van der Waals surface area contributed by atoms with E-state index in [4.69, 9.17) is 0 Å². The topological polar surface area (TPSA) is 81.2 Å². The number of carboxylic acid groups (broad SMARTS) is 1. The third-order valence-corrected chi connectivity index (χ3v) is 12.6. The van der Waals surface area contributed by atoms with Crippen LogP contribution in [0.3, 0.4) is 0 Å². The normalized spacial score (nSPS) is 23.3. The summed E-state index contributed by atoms with van der Waals surface area (Å²) in [7, 11) is -2.22. The van der Waals surface area contributed by atoms with Crippen molar-refractivity contribution < 1.29 is 22.7 Å². The first kappa shape index (κ1) is 29.3. The van der Waals surface area contributed by atoms with Crippen LogP contribution in [0.2, 0.25) is 0 Å². The van der Waals surface area contributed by atoms with Crippen LogP contribution in [0.1, 0.15) is 68.1 Å². The van der Waals surface area contributed by atoms with Crippen molar-refractivity contribution in [2.24, 2.45) is 11.3 Å². The molecule has 1 N–H and O–H groups in total. The van der Waals surface area contributed by atoms with E-state index < -0.39 is 27.4 Å². The Hall–Kier alpha value is -3.43. The van der Waals surface area contributed by atoms with Gasteiger partial charge in [-0.3, -0.25) is 0 Å². The molecule has 0 bridgehead atoms. The Bertz CT molecular complexity index is 1680. The maximum absolute atomic E-state index is 14.6. The standard InChI is InChI=1S/C35H40FN3O4S/c1-37-32(24-10-4-2-5-11-24)21-39(26-12-6-3-7-13-26)31-20-30(38-22-35(23-38)16-8-9-17-35)27(19-33(31)44(37,42)43)25-14-15-29(36)28(18-25)34(40)41/h3,6-7,12-15,18-20,24,32H,2,4-5,8-11,16-17,21-23H2,1H3,(H,40,41)/t32-/m0/s1. The second-order valence-electron chi connectivity index (χ2n) is 13.3. The van der Waals surface area contributed by atoms with E-state index in [-0.39, 0.29) is 22.3 Å². The fourth-order valence-electron chi connectivity index (χ4n) is 8.25. The number of para-hydroxylation sites is 1. The van der Waals surface area contributed by atoms with Crippen LogP contribution in [0, 0.1) is 17.2 Å². The van der Waals surface area contributed by atoms with E-state index in [0.717, 1.165) is 50.1 Å². The third-order valence-electron chi connectivity index (χ3n) is 10.7. The van der Waals surface area contributed by atoms with E-state index in [1.165, 1.54) is 44.2 Å². The first-order chi connectivity index (χ1) is 21.2. The number of sulfonamides is 1. The fourth-order valence-corrected chi connectivity index (χ4v) is 9.86. The number of halogens is 1. The zero-order valence-electron chi connectivity index (χ0n) is 25.2. The molecule has 7 rings (SSSR count). The number of rotatable bonds is 5. The van der Waals surface area contributed by atoms with Crippen LogP contribution >= 0.6 is 0 Å². The van der Waals surface area contributed by atoms with E-state index in [1.54, 1.807) is 23.5 Å². The van der Waals surface area contributed by atoms with Crippen molar-refractivity contribution in [3.8, 4) is 11.1 Å². The van der Waals surface area contributed by atoms with Crippen LogP contribution in [0.4, 0.5) is 21.5 Å².